The Morgan fingerprint density at radius 2 is 2.26 bits per heavy atom. The molecule has 0 aliphatic rings. The second kappa shape index (κ2) is 6.09. The number of hydrogen-bond donors (Lipinski definition) is 3. The summed E-state index contributed by atoms with van der Waals surface area (Å²) in [5.74, 6) is 5.61. The molecule has 5 N–H and O–H groups in total. The third kappa shape index (κ3) is 3.49. The normalized spacial score (nSPS) is 10.4. The quantitative estimate of drug-likeness (QED) is 0.257. The van der Waals surface area contributed by atoms with Crippen LogP contribution in [-0.2, 0) is 5.75 Å². The number of nitrogens with one attached hydrogen (secondary N) is 1. The Morgan fingerprint density at radius 1 is 1.47 bits per heavy atom. The highest BCUT2D eigenvalue weighted by Crippen LogP contribution is 2.30. The molecule has 2 rings (SSSR count). The highest BCUT2D eigenvalue weighted by atomic mass is 79.9. The second-order valence-electron chi connectivity index (χ2n) is 3.62. The van der Waals surface area contributed by atoms with Crippen LogP contribution in [0.3, 0.4) is 0 Å². The van der Waals surface area contributed by atoms with Crippen molar-refractivity contribution in [2.75, 3.05) is 5.73 Å². The van der Waals surface area contributed by atoms with Gasteiger partial charge in [-0.05, 0) is 18.2 Å². The van der Waals surface area contributed by atoms with E-state index in [1.165, 1.54) is 11.8 Å². The average Bonchev–Trinajstić information content (AvgIpc) is 2.88. The molecule has 1 aromatic heterocycles. The summed E-state index contributed by atoms with van der Waals surface area (Å²) < 4.78 is 5.99. The lowest BCUT2D eigenvalue weighted by Crippen LogP contribution is -2.30. The predicted octanol–water partition coefficient (Wildman–Crippen LogP) is 1.92. The summed E-state index contributed by atoms with van der Waals surface area (Å²) in [5.41, 5.74) is 8.69. The highest BCUT2D eigenvalue weighted by Gasteiger charge is 2.11. The number of nitrogens with zero attached hydrogens (tertiary/aromatic N) is 1. The smallest absolute Gasteiger partial charge is 0.287 e. The summed E-state index contributed by atoms with van der Waals surface area (Å²) in [6, 6.07) is 7.16. The first-order chi connectivity index (χ1) is 9.10. The molecule has 1 amide bonds. The number of aromatic nitrogens is 1. The van der Waals surface area contributed by atoms with E-state index in [2.05, 4.69) is 21.1 Å². The van der Waals surface area contributed by atoms with Gasteiger partial charge in [-0.1, -0.05) is 21.1 Å². The molecule has 0 radical (unpaired) electrons. The van der Waals surface area contributed by atoms with E-state index in [0.29, 0.717) is 17.2 Å². The number of nitrogens with two attached hydrogens (primary N) is 2. The lowest BCUT2D eigenvalue weighted by atomic mass is 10.3. The Kier molecular flexibility index (Phi) is 4.46. The first kappa shape index (κ1) is 13.9. The molecule has 0 aliphatic heterocycles. The van der Waals surface area contributed by atoms with Crippen molar-refractivity contribution < 1.29 is 9.32 Å². The first-order valence-electron chi connectivity index (χ1n) is 5.24. The molecular weight excluding hydrogens is 332 g/mol. The maximum absolute atomic E-state index is 11.2. The molecule has 2 aromatic rings. The van der Waals surface area contributed by atoms with Gasteiger partial charge in [-0.25, -0.2) is 5.84 Å². The summed E-state index contributed by atoms with van der Waals surface area (Å²) in [6.07, 6.45) is 0. The first-order valence-corrected chi connectivity index (χ1v) is 7.02. The lowest BCUT2D eigenvalue weighted by molar-refractivity contribution is 0.0944. The number of benzene rings is 1. The number of nitrogen functional groups attached to an aromatic ring is 2. The van der Waals surface area contributed by atoms with Crippen LogP contribution in [-0.4, -0.2) is 11.1 Å². The minimum Gasteiger partial charge on any atom is -0.398 e. The molecule has 1 heterocycles. The fourth-order valence-electron chi connectivity index (χ4n) is 1.34. The van der Waals surface area contributed by atoms with E-state index in [1.54, 1.807) is 6.07 Å². The van der Waals surface area contributed by atoms with Gasteiger partial charge in [-0.15, -0.1) is 11.8 Å². The molecule has 0 unspecified atom stereocenters. The van der Waals surface area contributed by atoms with Crippen molar-refractivity contribution in [2.45, 2.75) is 10.6 Å². The van der Waals surface area contributed by atoms with E-state index < -0.39 is 5.91 Å². The molecule has 0 aliphatic carbocycles. The third-order valence-corrected chi connectivity index (χ3v) is 3.85. The maximum Gasteiger partial charge on any atom is 0.287 e. The van der Waals surface area contributed by atoms with Gasteiger partial charge < -0.3 is 10.3 Å². The fraction of sp³-hybridized carbons (Fsp3) is 0.0909. The van der Waals surface area contributed by atoms with Crippen LogP contribution < -0.4 is 17.0 Å². The maximum atomic E-state index is 11.2. The number of carbonyl (C=O) groups excluding carboxylic acids is 1. The zero-order chi connectivity index (χ0) is 13.8. The van der Waals surface area contributed by atoms with Gasteiger partial charge in [-0.2, -0.15) is 0 Å². The van der Waals surface area contributed by atoms with Crippen LogP contribution in [0.15, 0.2) is 38.2 Å². The fourth-order valence-corrected chi connectivity index (χ4v) is 2.74. The Labute approximate surface area is 122 Å². The van der Waals surface area contributed by atoms with Crippen LogP contribution in [0.2, 0.25) is 0 Å². The molecule has 0 bridgehead atoms. The van der Waals surface area contributed by atoms with Crippen molar-refractivity contribution in [2.24, 2.45) is 5.84 Å². The molecule has 1 aromatic carbocycles. The summed E-state index contributed by atoms with van der Waals surface area (Å²) in [6.45, 7) is 0. The lowest BCUT2D eigenvalue weighted by Gasteiger charge is -2.04. The Balaban J connectivity index is 2.04. The molecule has 19 heavy (non-hydrogen) atoms. The average molecular weight is 343 g/mol. The van der Waals surface area contributed by atoms with Crippen molar-refractivity contribution in [1.82, 2.24) is 10.6 Å². The van der Waals surface area contributed by atoms with E-state index in [-0.39, 0.29) is 5.69 Å². The van der Waals surface area contributed by atoms with E-state index in [1.807, 2.05) is 23.6 Å². The molecular formula is C11H11BrN4O2S. The van der Waals surface area contributed by atoms with Gasteiger partial charge in [0.15, 0.2) is 5.69 Å². The van der Waals surface area contributed by atoms with Gasteiger partial charge >= 0.3 is 0 Å². The van der Waals surface area contributed by atoms with Gasteiger partial charge in [0.1, 0.15) is 5.76 Å². The summed E-state index contributed by atoms with van der Waals surface area (Å²) in [5, 5.41) is 3.62. The van der Waals surface area contributed by atoms with Crippen LogP contribution in [0.5, 0.6) is 0 Å². The largest absolute Gasteiger partial charge is 0.398 e. The number of rotatable bonds is 4. The van der Waals surface area contributed by atoms with E-state index in [4.69, 9.17) is 16.1 Å². The number of hydrogen-bond acceptors (Lipinski definition) is 6. The van der Waals surface area contributed by atoms with E-state index in [0.717, 1.165) is 9.37 Å². The van der Waals surface area contributed by atoms with Gasteiger partial charge in [0.2, 0.25) is 0 Å². The van der Waals surface area contributed by atoms with Gasteiger partial charge in [0.05, 0.1) is 5.75 Å². The van der Waals surface area contributed by atoms with E-state index >= 15 is 0 Å². The minimum absolute atomic E-state index is 0.153. The monoisotopic (exact) mass is 342 g/mol. The van der Waals surface area contributed by atoms with Gasteiger partial charge in [-0.3, -0.25) is 10.2 Å². The standard InChI is InChI=1S/C11H11BrN4O2S/c12-6-1-2-8(13)10(3-6)19-5-7-4-9(16-18-7)11(17)15-14/h1-4H,5,13-14H2,(H,15,17). The second-order valence-corrected chi connectivity index (χ2v) is 5.56. The number of hydrazine groups is 1. The van der Waals surface area contributed by atoms with E-state index in [9.17, 15) is 4.79 Å². The van der Waals surface area contributed by atoms with Gasteiger partial charge in [0, 0.05) is 21.1 Å². The number of halogens is 1. The Morgan fingerprint density at radius 3 is 3.00 bits per heavy atom. The number of anilines is 1. The number of thioether (sulfide) groups is 1. The van der Waals surface area contributed by atoms with Crippen molar-refractivity contribution in [3.05, 3.63) is 40.2 Å². The number of amides is 1. The zero-order valence-electron chi connectivity index (χ0n) is 9.72. The minimum atomic E-state index is -0.484. The summed E-state index contributed by atoms with van der Waals surface area (Å²) in [4.78, 5) is 12.1. The zero-order valence-corrected chi connectivity index (χ0v) is 12.1. The Bertz CT molecular complexity index is 602. The highest BCUT2D eigenvalue weighted by molar-refractivity contribution is 9.10. The molecule has 0 fully saturated rings. The third-order valence-electron chi connectivity index (χ3n) is 2.27. The topological polar surface area (TPSA) is 107 Å². The van der Waals surface area contributed by atoms with Gasteiger partial charge in [0.25, 0.3) is 5.91 Å². The SMILES string of the molecule is NNC(=O)c1cc(CSc2cc(Br)ccc2N)on1. The summed E-state index contributed by atoms with van der Waals surface area (Å²) >= 11 is 4.88. The summed E-state index contributed by atoms with van der Waals surface area (Å²) in [7, 11) is 0. The van der Waals surface area contributed by atoms with Crippen LogP contribution >= 0.6 is 27.7 Å². The van der Waals surface area contributed by atoms with Crippen molar-refractivity contribution in [3.63, 3.8) is 0 Å². The molecule has 0 spiro atoms. The van der Waals surface area contributed by atoms with Crippen LogP contribution in [0, 0.1) is 0 Å². The van der Waals surface area contributed by atoms with Crippen LogP contribution in [0.1, 0.15) is 16.2 Å². The molecule has 0 saturated carbocycles. The van der Waals surface area contributed by atoms with Crippen molar-refractivity contribution in [1.29, 1.82) is 0 Å². The molecule has 0 atom stereocenters. The van der Waals surface area contributed by atoms with Crippen LogP contribution in [0.25, 0.3) is 0 Å². The molecule has 0 saturated heterocycles. The van der Waals surface area contributed by atoms with Crippen molar-refractivity contribution >= 4 is 39.3 Å². The van der Waals surface area contributed by atoms with Crippen LogP contribution in [0.4, 0.5) is 5.69 Å². The molecule has 100 valence electrons. The Hall–Kier alpha value is -1.51. The number of carbonyl (C=O) groups is 1. The van der Waals surface area contributed by atoms with Crippen molar-refractivity contribution in [3.8, 4) is 0 Å². The molecule has 6 nitrogen and oxygen atoms in total. The molecule has 8 heteroatoms. The predicted molar refractivity (Wildman–Crippen MR) is 76.3 cm³/mol.